The predicted octanol–water partition coefficient (Wildman–Crippen LogP) is 1.30. The third kappa shape index (κ3) is 3.69. The molecule has 1 N–H and O–H groups in total. The molecule has 7 atom stereocenters. The SMILES string of the molecule is CC1(OCC2CO2)C2CC3CC(C2)C(OS(=O)(=O)NS(=O)(=O)C(F)(F)F)C1C3. The van der Waals surface area contributed by atoms with Crippen molar-refractivity contribution in [3.8, 4) is 0 Å². The van der Waals surface area contributed by atoms with E-state index < -0.39 is 37.5 Å². The quantitative estimate of drug-likeness (QED) is 0.583. The van der Waals surface area contributed by atoms with Crippen LogP contribution in [0.15, 0.2) is 0 Å². The van der Waals surface area contributed by atoms with Crippen LogP contribution >= 0.6 is 0 Å². The maximum absolute atomic E-state index is 12.5. The molecule has 1 saturated heterocycles. The van der Waals surface area contributed by atoms with Gasteiger partial charge in [0.25, 0.3) is 0 Å². The minimum absolute atomic E-state index is 0.00992. The summed E-state index contributed by atoms with van der Waals surface area (Å²) in [5, 5.41) is 0. The fourth-order valence-electron chi connectivity index (χ4n) is 5.25. The Morgan fingerprint density at radius 2 is 1.82 bits per heavy atom. The van der Waals surface area contributed by atoms with Crippen molar-refractivity contribution in [2.45, 2.75) is 55.9 Å². The second-order valence-electron chi connectivity index (χ2n) is 8.37. The Kier molecular flexibility index (Phi) is 4.83. The van der Waals surface area contributed by atoms with Crippen molar-refractivity contribution in [2.75, 3.05) is 13.2 Å². The monoisotopic (exact) mass is 449 g/mol. The van der Waals surface area contributed by atoms with Crippen molar-refractivity contribution in [3.05, 3.63) is 0 Å². The van der Waals surface area contributed by atoms with Crippen LogP contribution in [-0.2, 0) is 34.0 Å². The summed E-state index contributed by atoms with van der Waals surface area (Å²) in [4.78, 5) is 0. The Morgan fingerprint density at radius 3 is 2.43 bits per heavy atom. The summed E-state index contributed by atoms with van der Waals surface area (Å²) in [7, 11) is -11.3. The van der Waals surface area contributed by atoms with Crippen molar-refractivity contribution >= 4 is 20.3 Å². The third-order valence-electron chi connectivity index (χ3n) is 6.57. The van der Waals surface area contributed by atoms with E-state index in [-0.39, 0.29) is 23.9 Å². The van der Waals surface area contributed by atoms with E-state index >= 15 is 0 Å². The van der Waals surface area contributed by atoms with Gasteiger partial charge in [0.15, 0.2) is 0 Å². The molecule has 28 heavy (non-hydrogen) atoms. The molecule has 0 radical (unpaired) electrons. The number of nitrogens with one attached hydrogen (secondary N) is 1. The first-order valence-electron chi connectivity index (χ1n) is 9.09. The van der Waals surface area contributed by atoms with Gasteiger partial charge in [-0.3, -0.25) is 4.18 Å². The summed E-state index contributed by atoms with van der Waals surface area (Å²) in [6.07, 6.45) is 1.99. The Hall–Kier alpha value is -0.470. The highest BCUT2D eigenvalue weighted by Crippen LogP contribution is 2.60. The van der Waals surface area contributed by atoms with Gasteiger partial charge in [0.2, 0.25) is 0 Å². The van der Waals surface area contributed by atoms with E-state index in [9.17, 15) is 30.0 Å². The second-order valence-corrected chi connectivity index (χ2v) is 11.6. The fourth-order valence-corrected chi connectivity index (χ4v) is 7.45. The Bertz CT molecular complexity index is 842. The molecule has 0 aromatic carbocycles. The lowest BCUT2D eigenvalue weighted by Gasteiger charge is -2.62. The smallest absolute Gasteiger partial charge is 0.372 e. The number of epoxide rings is 1. The Morgan fingerprint density at radius 1 is 1.14 bits per heavy atom. The van der Waals surface area contributed by atoms with Crippen LogP contribution in [-0.4, -0.2) is 53.4 Å². The molecule has 4 saturated carbocycles. The van der Waals surface area contributed by atoms with Gasteiger partial charge in [-0.15, -0.1) is 0 Å². The van der Waals surface area contributed by atoms with E-state index in [0.29, 0.717) is 42.5 Å². The first-order chi connectivity index (χ1) is 12.8. The first-order valence-corrected chi connectivity index (χ1v) is 12.0. The molecule has 162 valence electrons. The Labute approximate surface area is 161 Å². The highest BCUT2D eigenvalue weighted by molar-refractivity contribution is 8.03. The summed E-state index contributed by atoms with van der Waals surface area (Å²) in [5.74, 6) is 0.0642. The van der Waals surface area contributed by atoms with Gasteiger partial charge in [-0.1, -0.05) is 4.13 Å². The number of halogens is 3. The van der Waals surface area contributed by atoms with Crippen LogP contribution in [0.1, 0.15) is 32.6 Å². The van der Waals surface area contributed by atoms with Gasteiger partial charge in [-0.05, 0) is 50.4 Å². The van der Waals surface area contributed by atoms with Gasteiger partial charge in [0, 0.05) is 5.92 Å². The molecule has 4 aliphatic carbocycles. The molecule has 0 spiro atoms. The highest BCUT2D eigenvalue weighted by atomic mass is 32.3. The van der Waals surface area contributed by atoms with Crippen molar-refractivity contribution in [2.24, 2.45) is 23.7 Å². The Balaban J connectivity index is 1.54. The van der Waals surface area contributed by atoms with Gasteiger partial charge >= 0.3 is 25.8 Å². The lowest BCUT2D eigenvalue weighted by molar-refractivity contribution is -0.229. The van der Waals surface area contributed by atoms with Crippen LogP contribution in [0.2, 0.25) is 0 Å². The van der Waals surface area contributed by atoms with Gasteiger partial charge in [0.1, 0.15) is 6.10 Å². The number of alkyl halides is 3. The summed E-state index contributed by atoms with van der Waals surface area (Å²) in [6, 6.07) is 0. The largest absolute Gasteiger partial charge is 0.512 e. The molecule has 8 nitrogen and oxygen atoms in total. The lowest BCUT2D eigenvalue weighted by atomic mass is 9.49. The highest BCUT2D eigenvalue weighted by Gasteiger charge is 2.62. The van der Waals surface area contributed by atoms with E-state index in [1.165, 1.54) is 0 Å². The van der Waals surface area contributed by atoms with Crippen LogP contribution in [0.5, 0.6) is 0 Å². The molecule has 1 aliphatic heterocycles. The molecule has 5 aliphatic rings. The van der Waals surface area contributed by atoms with Crippen molar-refractivity contribution in [3.63, 3.8) is 0 Å². The summed E-state index contributed by atoms with van der Waals surface area (Å²) >= 11 is 0. The number of hydrogen-bond donors (Lipinski definition) is 1. The van der Waals surface area contributed by atoms with Gasteiger partial charge < -0.3 is 9.47 Å². The average molecular weight is 449 g/mol. The van der Waals surface area contributed by atoms with Crippen LogP contribution in [0.3, 0.4) is 0 Å². The minimum atomic E-state index is -6.08. The van der Waals surface area contributed by atoms with E-state index in [1.54, 1.807) is 0 Å². The number of rotatable bonds is 7. The maximum Gasteiger partial charge on any atom is 0.512 e. The van der Waals surface area contributed by atoms with E-state index in [0.717, 1.165) is 6.42 Å². The normalized spacial score (nSPS) is 42.7. The molecule has 5 fully saturated rings. The standard InChI is InChI=1S/C15H22F3NO7S2/c1-14(25-7-11-6-24-11)10-3-8-2-9(5-10)13(12(14)4-8)26-28(22,23)19-27(20,21)15(16,17)18/h8-13,19H,2-7H2,1H3. The predicted molar refractivity (Wildman–Crippen MR) is 88.4 cm³/mol. The molecular weight excluding hydrogens is 427 g/mol. The number of hydrogen-bond acceptors (Lipinski definition) is 7. The molecule has 7 unspecified atom stereocenters. The molecule has 4 bridgehead atoms. The van der Waals surface area contributed by atoms with E-state index in [4.69, 9.17) is 13.7 Å². The fraction of sp³-hybridized carbons (Fsp3) is 1.00. The van der Waals surface area contributed by atoms with Crippen LogP contribution in [0.4, 0.5) is 13.2 Å². The van der Waals surface area contributed by atoms with E-state index in [2.05, 4.69) is 0 Å². The zero-order chi connectivity index (χ0) is 20.5. The molecular formula is C15H22F3NO7S2. The molecule has 5 rings (SSSR count). The van der Waals surface area contributed by atoms with Gasteiger partial charge in [-0.25, -0.2) is 8.42 Å². The number of ether oxygens (including phenoxy) is 2. The minimum Gasteiger partial charge on any atom is -0.372 e. The topological polar surface area (TPSA) is 111 Å². The van der Waals surface area contributed by atoms with Crippen LogP contribution < -0.4 is 4.13 Å². The second kappa shape index (κ2) is 6.51. The maximum atomic E-state index is 12.5. The van der Waals surface area contributed by atoms with Crippen molar-refractivity contribution in [1.82, 2.24) is 4.13 Å². The zero-order valence-corrected chi connectivity index (χ0v) is 16.6. The lowest BCUT2D eigenvalue weighted by Crippen LogP contribution is -2.64. The van der Waals surface area contributed by atoms with Crippen molar-refractivity contribution < 1.29 is 43.7 Å². The van der Waals surface area contributed by atoms with Gasteiger partial charge in [-0.2, -0.15) is 21.6 Å². The molecule has 0 aromatic heterocycles. The zero-order valence-electron chi connectivity index (χ0n) is 15.0. The summed E-state index contributed by atoms with van der Waals surface area (Å²) < 4.78 is 101. The van der Waals surface area contributed by atoms with Crippen molar-refractivity contribution in [1.29, 1.82) is 0 Å². The molecule has 1 heterocycles. The summed E-state index contributed by atoms with van der Waals surface area (Å²) in [5.41, 5.74) is -6.45. The third-order valence-corrected chi connectivity index (χ3v) is 9.35. The molecule has 0 amide bonds. The molecule has 13 heteroatoms. The van der Waals surface area contributed by atoms with Crippen LogP contribution in [0.25, 0.3) is 0 Å². The molecule has 0 aromatic rings. The summed E-state index contributed by atoms with van der Waals surface area (Å²) in [6.45, 7) is 2.84. The van der Waals surface area contributed by atoms with Gasteiger partial charge in [0.05, 0.1) is 24.9 Å². The number of sulfonamides is 1. The average Bonchev–Trinajstić information content (AvgIpc) is 3.35. The van der Waals surface area contributed by atoms with E-state index in [1.807, 2.05) is 6.92 Å². The van der Waals surface area contributed by atoms with Crippen LogP contribution in [0, 0.1) is 23.7 Å². The first kappa shape index (κ1) is 20.8.